The van der Waals surface area contributed by atoms with Crippen molar-refractivity contribution in [3.8, 4) is 5.75 Å². The van der Waals surface area contributed by atoms with Gasteiger partial charge in [-0.1, -0.05) is 13.8 Å². The molecule has 0 fully saturated rings. The van der Waals surface area contributed by atoms with Crippen LogP contribution in [0.2, 0.25) is 0 Å². The maximum Gasteiger partial charge on any atom is 0.137 e. The maximum atomic E-state index is 13.4. The SMILES string of the molecule is CC(C)NC1COc2cc(Br)c(F)cc21. The second-order valence-corrected chi connectivity index (χ2v) is 4.84. The molecule has 0 bridgehead atoms. The predicted molar refractivity (Wildman–Crippen MR) is 60.6 cm³/mol. The Morgan fingerprint density at radius 1 is 1.53 bits per heavy atom. The molecule has 1 atom stereocenters. The molecule has 0 spiro atoms. The second kappa shape index (κ2) is 4.10. The minimum atomic E-state index is -0.241. The molecule has 1 aliphatic rings. The Hall–Kier alpha value is -0.610. The average Bonchev–Trinajstić information content (AvgIpc) is 2.49. The van der Waals surface area contributed by atoms with Crippen LogP contribution in [0, 0.1) is 5.82 Å². The highest BCUT2D eigenvalue weighted by Gasteiger charge is 2.25. The van der Waals surface area contributed by atoms with Gasteiger partial charge in [0.05, 0.1) is 10.5 Å². The second-order valence-electron chi connectivity index (χ2n) is 3.99. The van der Waals surface area contributed by atoms with Gasteiger partial charge in [-0.3, -0.25) is 0 Å². The van der Waals surface area contributed by atoms with E-state index in [-0.39, 0.29) is 11.9 Å². The van der Waals surface area contributed by atoms with Crippen molar-refractivity contribution in [2.75, 3.05) is 6.61 Å². The summed E-state index contributed by atoms with van der Waals surface area (Å²) < 4.78 is 19.3. The summed E-state index contributed by atoms with van der Waals surface area (Å²) in [7, 11) is 0. The van der Waals surface area contributed by atoms with Gasteiger partial charge in [-0.05, 0) is 28.1 Å². The molecular formula is C11H13BrFNO. The third-order valence-electron chi connectivity index (χ3n) is 2.37. The fraction of sp³-hybridized carbons (Fsp3) is 0.455. The molecule has 1 N–H and O–H groups in total. The standard InChI is InChI=1S/C11H13BrFNO/c1-6(2)14-10-5-15-11-4-8(12)9(13)3-7(10)11/h3-4,6,10,14H,5H2,1-2H3. The van der Waals surface area contributed by atoms with E-state index < -0.39 is 0 Å². The van der Waals surface area contributed by atoms with Crippen LogP contribution in [0.3, 0.4) is 0 Å². The van der Waals surface area contributed by atoms with E-state index in [0.717, 1.165) is 11.3 Å². The lowest BCUT2D eigenvalue weighted by Crippen LogP contribution is -2.29. The molecule has 1 unspecified atom stereocenters. The van der Waals surface area contributed by atoms with E-state index in [2.05, 4.69) is 35.1 Å². The topological polar surface area (TPSA) is 21.3 Å². The first-order chi connectivity index (χ1) is 7.08. The van der Waals surface area contributed by atoms with Gasteiger partial charge in [0.25, 0.3) is 0 Å². The summed E-state index contributed by atoms with van der Waals surface area (Å²) >= 11 is 3.14. The number of ether oxygens (including phenoxy) is 1. The van der Waals surface area contributed by atoms with Crippen LogP contribution in [0.15, 0.2) is 16.6 Å². The Labute approximate surface area is 96.9 Å². The number of hydrogen-bond donors (Lipinski definition) is 1. The number of hydrogen-bond acceptors (Lipinski definition) is 2. The molecule has 15 heavy (non-hydrogen) atoms. The highest BCUT2D eigenvalue weighted by molar-refractivity contribution is 9.10. The molecule has 0 aromatic heterocycles. The van der Waals surface area contributed by atoms with Crippen molar-refractivity contribution < 1.29 is 9.13 Å². The summed E-state index contributed by atoms with van der Waals surface area (Å²) in [5.41, 5.74) is 0.907. The lowest BCUT2D eigenvalue weighted by Gasteiger charge is -2.14. The quantitative estimate of drug-likeness (QED) is 0.895. The van der Waals surface area contributed by atoms with Crippen LogP contribution in [0.4, 0.5) is 4.39 Å². The highest BCUT2D eigenvalue weighted by atomic mass is 79.9. The van der Waals surface area contributed by atoms with E-state index in [1.165, 1.54) is 6.07 Å². The molecule has 82 valence electrons. The molecule has 0 amide bonds. The normalized spacial score (nSPS) is 19.1. The lowest BCUT2D eigenvalue weighted by atomic mass is 10.1. The first-order valence-corrected chi connectivity index (χ1v) is 5.75. The maximum absolute atomic E-state index is 13.4. The average molecular weight is 274 g/mol. The molecule has 2 rings (SSSR count). The van der Waals surface area contributed by atoms with E-state index in [0.29, 0.717) is 17.1 Å². The first-order valence-electron chi connectivity index (χ1n) is 4.95. The van der Waals surface area contributed by atoms with E-state index >= 15 is 0 Å². The van der Waals surface area contributed by atoms with Gasteiger partial charge < -0.3 is 10.1 Å². The monoisotopic (exact) mass is 273 g/mol. The van der Waals surface area contributed by atoms with Gasteiger partial charge >= 0.3 is 0 Å². The van der Waals surface area contributed by atoms with Crippen molar-refractivity contribution >= 4 is 15.9 Å². The molecule has 1 heterocycles. The van der Waals surface area contributed by atoms with Gasteiger partial charge in [0.1, 0.15) is 18.2 Å². The van der Waals surface area contributed by atoms with Gasteiger partial charge in [0.15, 0.2) is 0 Å². The van der Waals surface area contributed by atoms with E-state index in [1.807, 2.05) is 0 Å². The smallest absolute Gasteiger partial charge is 0.137 e. The predicted octanol–water partition coefficient (Wildman–Crippen LogP) is 3.02. The third kappa shape index (κ3) is 2.16. The van der Waals surface area contributed by atoms with Crippen molar-refractivity contribution in [3.05, 3.63) is 28.0 Å². The van der Waals surface area contributed by atoms with Gasteiger partial charge in [-0.25, -0.2) is 4.39 Å². The van der Waals surface area contributed by atoms with Crippen molar-refractivity contribution in [2.45, 2.75) is 25.9 Å². The zero-order valence-electron chi connectivity index (χ0n) is 8.68. The van der Waals surface area contributed by atoms with Crippen molar-refractivity contribution in [2.24, 2.45) is 0 Å². The molecule has 4 heteroatoms. The van der Waals surface area contributed by atoms with E-state index in [4.69, 9.17) is 4.74 Å². The molecule has 1 aromatic carbocycles. The molecule has 0 radical (unpaired) electrons. The van der Waals surface area contributed by atoms with Gasteiger partial charge in [0, 0.05) is 11.6 Å². The highest BCUT2D eigenvalue weighted by Crippen LogP contribution is 2.36. The van der Waals surface area contributed by atoms with Crippen LogP contribution < -0.4 is 10.1 Å². The van der Waals surface area contributed by atoms with Gasteiger partial charge in [-0.2, -0.15) is 0 Å². The van der Waals surface area contributed by atoms with Crippen LogP contribution in [0.1, 0.15) is 25.5 Å². The van der Waals surface area contributed by atoms with Crippen molar-refractivity contribution in [1.29, 1.82) is 0 Å². The third-order valence-corrected chi connectivity index (χ3v) is 2.98. The van der Waals surface area contributed by atoms with Crippen LogP contribution in [-0.2, 0) is 0 Å². The Bertz CT molecular complexity index is 381. The molecule has 0 saturated heterocycles. The van der Waals surface area contributed by atoms with Crippen LogP contribution in [0.5, 0.6) is 5.75 Å². The Balaban J connectivity index is 2.30. The fourth-order valence-electron chi connectivity index (χ4n) is 1.74. The summed E-state index contributed by atoms with van der Waals surface area (Å²) in [5.74, 6) is 0.524. The zero-order valence-corrected chi connectivity index (χ0v) is 10.3. The number of fused-ring (bicyclic) bond motifs is 1. The fourth-order valence-corrected chi connectivity index (χ4v) is 2.07. The van der Waals surface area contributed by atoms with Crippen molar-refractivity contribution in [3.63, 3.8) is 0 Å². The minimum absolute atomic E-state index is 0.0996. The molecule has 2 nitrogen and oxygen atoms in total. The van der Waals surface area contributed by atoms with E-state index in [9.17, 15) is 4.39 Å². The first kappa shape index (κ1) is 10.9. The molecular weight excluding hydrogens is 261 g/mol. The van der Waals surface area contributed by atoms with Crippen molar-refractivity contribution in [1.82, 2.24) is 5.32 Å². The Kier molecular flexibility index (Phi) is 2.98. The molecule has 1 aliphatic heterocycles. The van der Waals surface area contributed by atoms with Crippen LogP contribution in [0.25, 0.3) is 0 Å². The molecule has 1 aromatic rings. The summed E-state index contributed by atoms with van der Waals surface area (Å²) in [6.07, 6.45) is 0. The summed E-state index contributed by atoms with van der Waals surface area (Å²) in [6.45, 7) is 4.70. The number of benzene rings is 1. The molecule has 0 aliphatic carbocycles. The molecule has 0 saturated carbocycles. The lowest BCUT2D eigenvalue weighted by molar-refractivity contribution is 0.303. The van der Waals surface area contributed by atoms with Gasteiger partial charge in [0.2, 0.25) is 0 Å². The van der Waals surface area contributed by atoms with Crippen LogP contribution in [-0.4, -0.2) is 12.6 Å². The summed E-state index contributed by atoms with van der Waals surface area (Å²) in [4.78, 5) is 0. The summed E-state index contributed by atoms with van der Waals surface area (Å²) in [6, 6.07) is 3.68. The number of halogens is 2. The number of nitrogens with one attached hydrogen (secondary N) is 1. The zero-order chi connectivity index (χ0) is 11.0. The minimum Gasteiger partial charge on any atom is -0.491 e. The summed E-state index contributed by atoms with van der Waals surface area (Å²) in [5, 5.41) is 3.34. The number of rotatable bonds is 2. The van der Waals surface area contributed by atoms with E-state index in [1.54, 1.807) is 6.07 Å². The van der Waals surface area contributed by atoms with Gasteiger partial charge in [-0.15, -0.1) is 0 Å². The Morgan fingerprint density at radius 3 is 2.93 bits per heavy atom. The van der Waals surface area contributed by atoms with Crippen LogP contribution >= 0.6 is 15.9 Å². The largest absolute Gasteiger partial charge is 0.491 e. The Morgan fingerprint density at radius 2 is 2.27 bits per heavy atom.